The minimum absolute atomic E-state index is 0. The van der Waals surface area contributed by atoms with E-state index in [1.54, 1.807) is 5.56 Å². The number of allylic oxidation sites excluding steroid dienone is 2. The van der Waals surface area contributed by atoms with Gasteiger partial charge in [-0.1, -0.05) is 32.0 Å². The number of hydrogen-bond acceptors (Lipinski definition) is 3. The van der Waals surface area contributed by atoms with Gasteiger partial charge in [-0.25, -0.2) is 0 Å². The first kappa shape index (κ1) is 26.3. The fourth-order valence-corrected chi connectivity index (χ4v) is 5.85. The number of hydrogen-bond donors (Lipinski definition) is 1. The molecular formula is C30H34IrNO2-. The molecule has 34 heavy (non-hydrogen) atoms. The molecule has 2 bridgehead atoms. The SMILES string of the molecule is CC(=O)/C=C(/C)O.Cc1[c-]c(-c2nccc3c(C45CCC(CC4)CC5)cccc23)cc(C)c1.[Ir]. The number of carbonyl (C=O) groups is 1. The molecule has 0 saturated heterocycles. The van der Waals surface area contributed by atoms with Crippen LogP contribution < -0.4 is 0 Å². The molecule has 0 amide bonds. The number of aromatic nitrogens is 1. The standard InChI is InChI=1S/C25H26N.C5H8O2.Ir/c1-17-14-18(2)16-20(15-17)24-22-4-3-5-23(21(22)9-13-26-24)25-10-6-19(7-11-25)8-12-25;1-4(6)3-5(2)7;/h3-5,9,13-15,19H,6-8,10-12H2,1-2H3;3,6H,1-2H3;/q-1;;/b;4-3-;. The van der Waals surface area contributed by atoms with Gasteiger partial charge >= 0.3 is 0 Å². The van der Waals surface area contributed by atoms with Gasteiger partial charge in [0.25, 0.3) is 0 Å². The number of nitrogens with zero attached hydrogens (tertiary/aromatic N) is 1. The van der Waals surface area contributed by atoms with Crippen LogP contribution in [0, 0.1) is 25.8 Å². The Kier molecular flexibility index (Phi) is 8.49. The maximum Gasteiger partial charge on any atom is 0.155 e. The molecule has 3 aromatic rings. The molecule has 1 radical (unpaired) electrons. The molecule has 3 nitrogen and oxygen atoms in total. The number of rotatable bonds is 3. The quantitative estimate of drug-likeness (QED) is 0.184. The van der Waals surface area contributed by atoms with Crippen LogP contribution in [0.5, 0.6) is 0 Å². The van der Waals surface area contributed by atoms with Gasteiger partial charge in [0.1, 0.15) is 0 Å². The summed E-state index contributed by atoms with van der Waals surface area (Å²) >= 11 is 0. The van der Waals surface area contributed by atoms with E-state index in [2.05, 4.69) is 56.3 Å². The second kappa shape index (κ2) is 11.0. The Labute approximate surface area is 217 Å². The largest absolute Gasteiger partial charge is 0.512 e. The monoisotopic (exact) mass is 633 g/mol. The zero-order chi connectivity index (χ0) is 23.6. The van der Waals surface area contributed by atoms with Crippen molar-refractivity contribution >= 4 is 16.6 Å². The summed E-state index contributed by atoms with van der Waals surface area (Å²) in [6, 6.07) is 17.1. The summed E-state index contributed by atoms with van der Waals surface area (Å²) in [7, 11) is 0. The molecule has 3 fully saturated rings. The molecule has 1 heterocycles. The van der Waals surface area contributed by atoms with Gasteiger partial charge in [-0.05, 0) is 91.8 Å². The predicted octanol–water partition coefficient (Wildman–Crippen LogP) is 7.58. The van der Waals surface area contributed by atoms with Gasteiger partial charge in [0, 0.05) is 32.4 Å². The van der Waals surface area contributed by atoms with Crippen LogP contribution >= 0.6 is 0 Å². The van der Waals surface area contributed by atoms with E-state index in [0.717, 1.165) is 17.2 Å². The van der Waals surface area contributed by atoms with Gasteiger partial charge in [0.2, 0.25) is 0 Å². The van der Waals surface area contributed by atoms with Crippen LogP contribution in [0.2, 0.25) is 0 Å². The van der Waals surface area contributed by atoms with Crippen LogP contribution in [-0.2, 0) is 30.3 Å². The molecular weight excluding hydrogens is 599 g/mol. The first-order valence-corrected chi connectivity index (χ1v) is 12.0. The summed E-state index contributed by atoms with van der Waals surface area (Å²) in [6.45, 7) is 7.12. The molecule has 3 saturated carbocycles. The van der Waals surface area contributed by atoms with Crippen LogP contribution in [0.1, 0.15) is 69.1 Å². The Morgan fingerprint density at radius 3 is 2.29 bits per heavy atom. The summed E-state index contributed by atoms with van der Waals surface area (Å²) in [5.41, 5.74) is 6.63. The van der Waals surface area contributed by atoms with Crippen molar-refractivity contribution < 1.29 is 30.0 Å². The van der Waals surface area contributed by atoms with Crippen LogP contribution in [-0.4, -0.2) is 15.9 Å². The van der Waals surface area contributed by atoms with Crippen LogP contribution in [0.3, 0.4) is 0 Å². The number of aryl methyl sites for hydroxylation is 2. The number of aliphatic hydroxyl groups excluding tert-OH is 1. The number of benzene rings is 2. The molecule has 181 valence electrons. The fourth-order valence-electron chi connectivity index (χ4n) is 5.85. The van der Waals surface area contributed by atoms with Crippen molar-refractivity contribution in [2.45, 2.75) is 71.6 Å². The van der Waals surface area contributed by atoms with E-state index in [9.17, 15) is 4.79 Å². The maximum atomic E-state index is 10.0. The van der Waals surface area contributed by atoms with E-state index in [1.165, 1.54) is 80.3 Å². The van der Waals surface area contributed by atoms with Crippen molar-refractivity contribution in [2.24, 2.45) is 5.92 Å². The average Bonchev–Trinajstić information content (AvgIpc) is 2.78. The first-order valence-electron chi connectivity index (χ1n) is 12.0. The third-order valence-electron chi connectivity index (χ3n) is 7.29. The predicted molar refractivity (Wildman–Crippen MR) is 135 cm³/mol. The van der Waals surface area contributed by atoms with E-state index in [-0.39, 0.29) is 31.6 Å². The van der Waals surface area contributed by atoms with E-state index < -0.39 is 0 Å². The van der Waals surface area contributed by atoms with Crippen molar-refractivity contribution in [1.82, 2.24) is 4.98 Å². The van der Waals surface area contributed by atoms with E-state index in [4.69, 9.17) is 10.1 Å². The van der Waals surface area contributed by atoms with Gasteiger partial charge < -0.3 is 10.1 Å². The number of pyridine rings is 1. The second-order valence-electron chi connectivity index (χ2n) is 9.97. The van der Waals surface area contributed by atoms with Crippen LogP contribution in [0.25, 0.3) is 22.0 Å². The topological polar surface area (TPSA) is 50.2 Å². The van der Waals surface area contributed by atoms with Crippen molar-refractivity contribution in [3.05, 3.63) is 77.2 Å². The Bertz CT molecular complexity index is 1170. The van der Waals surface area contributed by atoms with E-state index >= 15 is 0 Å². The van der Waals surface area contributed by atoms with Crippen molar-refractivity contribution in [3.8, 4) is 11.3 Å². The summed E-state index contributed by atoms with van der Waals surface area (Å²) in [5.74, 6) is 0.932. The van der Waals surface area contributed by atoms with Gasteiger partial charge in [-0.15, -0.1) is 34.9 Å². The average molecular weight is 633 g/mol. The Balaban J connectivity index is 0.000000357. The van der Waals surface area contributed by atoms with Crippen LogP contribution in [0.15, 0.2) is 54.4 Å². The van der Waals surface area contributed by atoms with Gasteiger partial charge in [0.05, 0.1) is 5.76 Å². The van der Waals surface area contributed by atoms with Crippen molar-refractivity contribution in [2.75, 3.05) is 0 Å². The first-order chi connectivity index (χ1) is 15.8. The summed E-state index contributed by atoms with van der Waals surface area (Å²) in [5, 5.41) is 11.1. The molecule has 0 unspecified atom stereocenters. The molecule has 3 aliphatic carbocycles. The van der Waals surface area contributed by atoms with Gasteiger partial charge in [-0.3, -0.25) is 4.79 Å². The number of aliphatic hydroxyl groups is 1. The zero-order valence-electron chi connectivity index (χ0n) is 20.6. The van der Waals surface area contributed by atoms with Crippen LogP contribution in [0.4, 0.5) is 0 Å². The van der Waals surface area contributed by atoms with Crippen molar-refractivity contribution in [1.29, 1.82) is 0 Å². The minimum Gasteiger partial charge on any atom is -0.512 e. The Morgan fingerprint density at radius 2 is 1.74 bits per heavy atom. The van der Waals surface area contributed by atoms with Gasteiger partial charge in [0.15, 0.2) is 5.78 Å². The number of fused-ring (bicyclic) bond motifs is 4. The van der Waals surface area contributed by atoms with Crippen molar-refractivity contribution in [3.63, 3.8) is 0 Å². The number of carbonyl (C=O) groups excluding carboxylic acids is 1. The Morgan fingerprint density at radius 1 is 1.06 bits per heavy atom. The fraction of sp³-hybridized carbons (Fsp3) is 0.400. The minimum atomic E-state index is -0.125. The third kappa shape index (κ3) is 5.67. The smallest absolute Gasteiger partial charge is 0.155 e. The molecule has 4 heteroatoms. The molecule has 3 aliphatic rings. The van der Waals surface area contributed by atoms with E-state index in [0.29, 0.717) is 5.41 Å². The summed E-state index contributed by atoms with van der Waals surface area (Å²) in [4.78, 5) is 14.8. The normalized spacial score (nSPS) is 21.4. The molecule has 1 aromatic heterocycles. The molecule has 0 atom stereocenters. The molecule has 0 spiro atoms. The Hall–Kier alpha value is -2.29. The van der Waals surface area contributed by atoms with E-state index in [1.807, 2.05) is 6.20 Å². The molecule has 0 aliphatic heterocycles. The summed E-state index contributed by atoms with van der Waals surface area (Å²) in [6.07, 6.45) is 11.5. The molecule has 1 N–H and O–H groups in total. The zero-order valence-corrected chi connectivity index (χ0v) is 23.0. The number of ketones is 1. The third-order valence-corrected chi connectivity index (χ3v) is 7.29. The molecule has 6 rings (SSSR count). The molecule has 2 aromatic carbocycles. The maximum absolute atomic E-state index is 10.0. The summed E-state index contributed by atoms with van der Waals surface area (Å²) < 4.78 is 0. The second-order valence-corrected chi connectivity index (χ2v) is 9.97. The van der Waals surface area contributed by atoms with Gasteiger partial charge in [-0.2, -0.15) is 0 Å².